The summed E-state index contributed by atoms with van der Waals surface area (Å²) >= 11 is 0. The van der Waals surface area contributed by atoms with E-state index in [2.05, 4.69) is 44.3 Å². The van der Waals surface area contributed by atoms with Gasteiger partial charge in [0.1, 0.15) is 18.1 Å². The zero-order valence-corrected chi connectivity index (χ0v) is 12.7. The Kier molecular flexibility index (Phi) is 4.85. The minimum atomic E-state index is 0.465. The van der Waals surface area contributed by atoms with Crippen molar-refractivity contribution >= 4 is 0 Å². The summed E-state index contributed by atoms with van der Waals surface area (Å²) in [6.07, 6.45) is 1.71. The van der Waals surface area contributed by atoms with E-state index < -0.39 is 0 Å². The smallest absolute Gasteiger partial charge is 0.146 e. The summed E-state index contributed by atoms with van der Waals surface area (Å²) in [6.45, 7) is 7.70. The normalized spacial score (nSPS) is 11.1. The van der Waals surface area contributed by atoms with Crippen LogP contribution < -0.4 is 10.1 Å². The molecule has 0 aliphatic heterocycles. The molecular formula is C17H23NO2. The quantitative estimate of drug-likeness (QED) is 0.863. The number of ether oxygens (including phenoxy) is 1. The van der Waals surface area contributed by atoms with Crippen LogP contribution in [0.1, 0.15) is 42.2 Å². The largest absolute Gasteiger partial charge is 0.485 e. The summed E-state index contributed by atoms with van der Waals surface area (Å²) in [5.74, 6) is 2.32. The Morgan fingerprint density at radius 1 is 1.25 bits per heavy atom. The van der Waals surface area contributed by atoms with Crippen molar-refractivity contribution in [1.29, 1.82) is 0 Å². The molecule has 1 aromatic carbocycles. The SMILES string of the molecule is CNCc1ccoc1COc1cc(C(C)C)ccc1C. The van der Waals surface area contributed by atoms with E-state index in [4.69, 9.17) is 9.15 Å². The highest BCUT2D eigenvalue weighted by Gasteiger charge is 2.09. The lowest BCUT2D eigenvalue weighted by molar-refractivity contribution is 0.266. The van der Waals surface area contributed by atoms with Crippen LogP contribution in [0, 0.1) is 6.92 Å². The minimum absolute atomic E-state index is 0.465. The summed E-state index contributed by atoms with van der Waals surface area (Å²) in [7, 11) is 1.92. The molecule has 1 heterocycles. The Balaban J connectivity index is 2.10. The summed E-state index contributed by atoms with van der Waals surface area (Å²) in [5.41, 5.74) is 3.58. The number of hydrogen-bond acceptors (Lipinski definition) is 3. The van der Waals surface area contributed by atoms with Gasteiger partial charge in [-0.15, -0.1) is 0 Å². The van der Waals surface area contributed by atoms with E-state index in [0.29, 0.717) is 12.5 Å². The first-order valence-electron chi connectivity index (χ1n) is 7.05. The first kappa shape index (κ1) is 14.7. The zero-order chi connectivity index (χ0) is 14.5. The molecule has 0 fully saturated rings. The molecule has 108 valence electrons. The van der Waals surface area contributed by atoms with Gasteiger partial charge in [0.2, 0.25) is 0 Å². The first-order valence-corrected chi connectivity index (χ1v) is 7.05. The first-order chi connectivity index (χ1) is 9.61. The number of rotatable bonds is 6. The number of hydrogen-bond donors (Lipinski definition) is 1. The van der Waals surface area contributed by atoms with Crippen LogP contribution in [0.5, 0.6) is 5.75 Å². The van der Waals surface area contributed by atoms with Crippen LogP contribution in [-0.2, 0) is 13.2 Å². The zero-order valence-electron chi connectivity index (χ0n) is 12.7. The van der Waals surface area contributed by atoms with Crippen molar-refractivity contribution in [2.24, 2.45) is 0 Å². The Labute approximate surface area is 121 Å². The van der Waals surface area contributed by atoms with Gasteiger partial charge in [-0.2, -0.15) is 0 Å². The highest BCUT2D eigenvalue weighted by atomic mass is 16.5. The molecule has 0 atom stereocenters. The summed E-state index contributed by atoms with van der Waals surface area (Å²) < 4.78 is 11.4. The van der Waals surface area contributed by atoms with E-state index >= 15 is 0 Å². The third-order valence-corrected chi connectivity index (χ3v) is 3.44. The topological polar surface area (TPSA) is 34.4 Å². The van der Waals surface area contributed by atoms with Gasteiger partial charge in [-0.25, -0.2) is 0 Å². The molecule has 1 N–H and O–H groups in total. The van der Waals surface area contributed by atoms with E-state index in [1.807, 2.05) is 13.1 Å². The van der Waals surface area contributed by atoms with Crippen LogP contribution in [0.25, 0.3) is 0 Å². The van der Waals surface area contributed by atoms with Crippen LogP contribution >= 0.6 is 0 Å². The van der Waals surface area contributed by atoms with Crippen molar-refractivity contribution in [3.63, 3.8) is 0 Å². The summed E-state index contributed by atoms with van der Waals surface area (Å²) in [4.78, 5) is 0. The van der Waals surface area contributed by atoms with Crippen molar-refractivity contribution in [1.82, 2.24) is 5.32 Å². The molecule has 0 radical (unpaired) electrons. The molecule has 1 aromatic heterocycles. The van der Waals surface area contributed by atoms with Crippen LogP contribution in [0.2, 0.25) is 0 Å². The lowest BCUT2D eigenvalue weighted by Gasteiger charge is -2.12. The average molecular weight is 273 g/mol. The van der Waals surface area contributed by atoms with Gasteiger partial charge in [0.25, 0.3) is 0 Å². The maximum atomic E-state index is 5.94. The van der Waals surface area contributed by atoms with Crippen molar-refractivity contribution in [2.75, 3.05) is 7.05 Å². The van der Waals surface area contributed by atoms with Crippen LogP contribution in [0.3, 0.4) is 0 Å². The van der Waals surface area contributed by atoms with Gasteiger partial charge in [-0.1, -0.05) is 26.0 Å². The molecule has 0 saturated heterocycles. The monoisotopic (exact) mass is 273 g/mol. The molecular weight excluding hydrogens is 250 g/mol. The van der Waals surface area contributed by atoms with E-state index in [-0.39, 0.29) is 0 Å². The Morgan fingerprint density at radius 2 is 2.05 bits per heavy atom. The Morgan fingerprint density at radius 3 is 2.75 bits per heavy atom. The molecule has 0 aliphatic carbocycles. The molecule has 2 rings (SSSR count). The van der Waals surface area contributed by atoms with Gasteiger partial charge >= 0.3 is 0 Å². The molecule has 20 heavy (non-hydrogen) atoms. The fraction of sp³-hybridized carbons (Fsp3) is 0.412. The minimum Gasteiger partial charge on any atom is -0.485 e. The fourth-order valence-corrected chi connectivity index (χ4v) is 2.12. The molecule has 0 amide bonds. The Hall–Kier alpha value is -1.74. The molecule has 3 nitrogen and oxygen atoms in total. The van der Waals surface area contributed by atoms with E-state index in [9.17, 15) is 0 Å². The lowest BCUT2D eigenvalue weighted by Crippen LogP contribution is -2.07. The standard InChI is InChI=1S/C17H23NO2/c1-12(2)14-6-5-13(3)16(9-14)20-11-17-15(10-18-4)7-8-19-17/h5-9,12,18H,10-11H2,1-4H3. The van der Waals surface area contributed by atoms with Crippen molar-refractivity contribution < 1.29 is 9.15 Å². The second kappa shape index (κ2) is 6.62. The summed E-state index contributed by atoms with van der Waals surface area (Å²) in [6, 6.07) is 8.38. The predicted octanol–water partition coefficient (Wildman–Crippen LogP) is 4.01. The molecule has 0 aliphatic rings. The highest BCUT2D eigenvalue weighted by Crippen LogP contribution is 2.25. The Bertz CT molecular complexity index is 558. The van der Waals surface area contributed by atoms with Gasteiger partial charge < -0.3 is 14.5 Å². The number of nitrogens with one attached hydrogen (secondary N) is 1. The number of aryl methyl sites for hydroxylation is 1. The maximum Gasteiger partial charge on any atom is 0.146 e. The molecule has 0 unspecified atom stereocenters. The number of benzene rings is 1. The maximum absolute atomic E-state index is 5.94. The highest BCUT2D eigenvalue weighted by molar-refractivity contribution is 5.38. The van der Waals surface area contributed by atoms with Gasteiger partial charge in [0.15, 0.2) is 0 Å². The van der Waals surface area contributed by atoms with Gasteiger partial charge in [0.05, 0.1) is 6.26 Å². The van der Waals surface area contributed by atoms with Crippen LogP contribution in [0.4, 0.5) is 0 Å². The molecule has 2 aromatic rings. The van der Waals surface area contributed by atoms with Gasteiger partial charge in [-0.3, -0.25) is 0 Å². The second-order valence-electron chi connectivity index (χ2n) is 5.37. The number of furan rings is 1. The molecule has 3 heteroatoms. The van der Waals surface area contributed by atoms with Crippen molar-refractivity contribution in [3.8, 4) is 5.75 Å². The van der Waals surface area contributed by atoms with Crippen LogP contribution in [-0.4, -0.2) is 7.05 Å². The fourth-order valence-electron chi connectivity index (χ4n) is 2.12. The van der Waals surface area contributed by atoms with Crippen molar-refractivity contribution in [2.45, 2.75) is 39.8 Å². The summed E-state index contributed by atoms with van der Waals surface area (Å²) in [5, 5.41) is 3.13. The second-order valence-corrected chi connectivity index (χ2v) is 5.37. The van der Waals surface area contributed by atoms with E-state index in [0.717, 1.165) is 29.2 Å². The lowest BCUT2D eigenvalue weighted by atomic mass is 10.0. The molecule has 0 spiro atoms. The third kappa shape index (κ3) is 3.42. The third-order valence-electron chi connectivity index (χ3n) is 3.44. The average Bonchev–Trinajstić information content (AvgIpc) is 2.85. The predicted molar refractivity (Wildman–Crippen MR) is 81.1 cm³/mol. The molecule has 0 saturated carbocycles. The molecule has 0 bridgehead atoms. The van der Waals surface area contributed by atoms with E-state index in [1.165, 1.54) is 5.56 Å². The van der Waals surface area contributed by atoms with Gasteiger partial charge in [0, 0.05) is 12.1 Å². The van der Waals surface area contributed by atoms with E-state index in [1.54, 1.807) is 6.26 Å². The van der Waals surface area contributed by atoms with Crippen molar-refractivity contribution in [3.05, 3.63) is 53.0 Å². The van der Waals surface area contributed by atoms with Crippen LogP contribution in [0.15, 0.2) is 34.9 Å². The van der Waals surface area contributed by atoms with Gasteiger partial charge in [-0.05, 0) is 43.1 Å².